The van der Waals surface area contributed by atoms with E-state index in [-0.39, 0.29) is 23.9 Å². The van der Waals surface area contributed by atoms with Crippen LogP contribution in [0.1, 0.15) is 43.7 Å². The summed E-state index contributed by atoms with van der Waals surface area (Å²) in [5, 5.41) is 0. The van der Waals surface area contributed by atoms with Gasteiger partial charge in [-0.2, -0.15) is 0 Å². The van der Waals surface area contributed by atoms with Gasteiger partial charge in [0.1, 0.15) is 0 Å². The maximum absolute atomic E-state index is 13.2. The number of likely N-dealkylation sites (tertiary alicyclic amines) is 1. The van der Waals surface area contributed by atoms with E-state index in [4.69, 9.17) is 4.42 Å². The van der Waals surface area contributed by atoms with Crippen LogP contribution in [-0.2, 0) is 0 Å². The summed E-state index contributed by atoms with van der Waals surface area (Å²) >= 11 is 0. The minimum atomic E-state index is -0.443. The van der Waals surface area contributed by atoms with E-state index in [1.165, 1.54) is 11.2 Å². The molecular formula is C19H22N2O3. The molecule has 3 rings (SSSR count). The molecule has 5 heteroatoms. The number of nitrogens with zero attached hydrogens (tertiary/aromatic N) is 2. The molecule has 2 aromatic rings. The number of imide groups is 1. The van der Waals surface area contributed by atoms with Crippen LogP contribution in [0.2, 0.25) is 0 Å². The molecule has 3 amide bonds. The molecule has 0 N–H and O–H groups in total. The van der Waals surface area contributed by atoms with Crippen molar-refractivity contribution in [2.75, 3.05) is 4.90 Å². The first-order valence-electron chi connectivity index (χ1n) is 8.35. The first kappa shape index (κ1) is 16.3. The van der Waals surface area contributed by atoms with E-state index in [1.54, 1.807) is 24.3 Å². The molecule has 1 aliphatic heterocycles. The summed E-state index contributed by atoms with van der Waals surface area (Å²) in [5.41, 5.74) is 0.550. The van der Waals surface area contributed by atoms with E-state index in [0.717, 1.165) is 19.3 Å². The molecule has 1 aliphatic rings. The van der Waals surface area contributed by atoms with Crippen LogP contribution < -0.4 is 4.90 Å². The molecule has 24 heavy (non-hydrogen) atoms. The zero-order chi connectivity index (χ0) is 17.1. The van der Waals surface area contributed by atoms with Crippen molar-refractivity contribution in [2.45, 2.75) is 45.2 Å². The first-order valence-corrected chi connectivity index (χ1v) is 8.35. The average Bonchev–Trinajstić information content (AvgIpc) is 3.10. The van der Waals surface area contributed by atoms with Gasteiger partial charge in [0.2, 0.25) is 0 Å². The van der Waals surface area contributed by atoms with Gasteiger partial charge in [-0.05, 0) is 57.4 Å². The Hall–Kier alpha value is -2.56. The van der Waals surface area contributed by atoms with E-state index >= 15 is 0 Å². The van der Waals surface area contributed by atoms with Crippen LogP contribution in [0.15, 0.2) is 53.1 Å². The lowest BCUT2D eigenvalue weighted by molar-refractivity contribution is 0.0930. The number of amides is 3. The van der Waals surface area contributed by atoms with E-state index in [2.05, 4.69) is 0 Å². The highest BCUT2D eigenvalue weighted by molar-refractivity contribution is 6.19. The highest BCUT2D eigenvalue weighted by Crippen LogP contribution is 2.27. The Bertz CT molecular complexity index is 687. The number of hydrogen-bond donors (Lipinski definition) is 0. The quantitative estimate of drug-likeness (QED) is 0.826. The Morgan fingerprint density at radius 2 is 1.71 bits per heavy atom. The number of piperidine rings is 1. The highest BCUT2D eigenvalue weighted by atomic mass is 16.3. The molecule has 2 heterocycles. The molecule has 0 unspecified atom stereocenters. The summed E-state index contributed by atoms with van der Waals surface area (Å²) in [4.78, 5) is 29.2. The fourth-order valence-corrected chi connectivity index (χ4v) is 3.32. The van der Waals surface area contributed by atoms with Gasteiger partial charge in [-0.1, -0.05) is 18.2 Å². The molecule has 5 nitrogen and oxygen atoms in total. The standard InChI is InChI=1S/C19H22N2O3/c1-14-8-6-9-15(2)20(14)19(23)21(16-10-4-3-5-11-16)18(22)17-12-7-13-24-17/h3-5,7,10-15H,6,8-9H2,1-2H3/t14-,15+. The maximum atomic E-state index is 13.2. The molecule has 2 atom stereocenters. The third-order valence-corrected chi connectivity index (χ3v) is 4.56. The van der Waals surface area contributed by atoms with Gasteiger partial charge in [-0.3, -0.25) is 4.79 Å². The Labute approximate surface area is 141 Å². The third-order valence-electron chi connectivity index (χ3n) is 4.56. The average molecular weight is 326 g/mol. The molecule has 0 radical (unpaired) electrons. The van der Waals surface area contributed by atoms with E-state index < -0.39 is 5.91 Å². The summed E-state index contributed by atoms with van der Waals surface area (Å²) in [6, 6.07) is 12.2. The lowest BCUT2D eigenvalue weighted by atomic mass is 9.98. The number of furan rings is 1. The van der Waals surface area contributed by atoms with Gasteiger partial charge < -0.3 is 9.32 Å². The molecule has 0 saturated carbocycles. The molecule has 1 saturated heterocycles. The summed E-state index contributed by atoms with van der Waals surface area (Å²) in [6.45, 7) is 4.07. The van der Waals surface area contributed by atoms with Crippen molar-refractivity contribution in [1.82, 2.24) is 4.90 Å². The Kier molecular flexibility index (Phi) is 4.69. The van der Waals surface area contributed by atoms with Gasteiger partial charge in [-0.25, -0.2) is 9.69 Å². The smallest absolute Gasteiger partial charge is 0.332 e. The van der Waals surface area contributed by atoms with Crippen LogP contribution in [0.5, 0.6) is 0 Å². The zero-order valence-electron chi connectivity index (χ0n) is 14.0. The monoisotopic (exact) mass is 326 g/mol. The second kappa shape index (κ2) is 6.91. The fraction of sp³-hybridized carbons (Fsp3) is 0.368. The lowest BCUT2D eigenvalue weighted by Gasteiger charge is -2.41. The molecule has 1 aromatic heterocycles. The van der Waals surface area contributed by atoms with Crippen LogP contribution >= 0.6 is 0 Å². The van der Waals surface area contributed by atoms with Crippen LogP contribution in [0.25, 0.3) is 0 Å². The third kappa shape index (κ3) is 3.07. The van der Waals surface area contributed by atoms with Gasteiger partial charge in [0, 0.05) is 12.1 Å². The van der Waals surface area contributed by atoms with Gasteiger partial charge in [-0.15, -0.1) is 0 Å². The van der Waals surface area contributed by atoms with Crippen molar-refractivity contribution in [3.05, 3.63) is 54.5 Å². The molecular weight excluding hydrogens is 304 g/mol. The molecule has 0 bridgehead atoms. The Morgan fingerprint density at radius 1 is 1.04 bits per heavy atom. The summed E-state index contributed by atoms with van der Waals surface area (Å²) in [7, 11) is 0. The van der Waals surface area contributed by atoms with Gasteiger partial charge in [0.05, 0.1) is 12.0 Å². The van der Waals surface area contributed by atoms with Crippen LogP contribution in [0, 0.1) is 0 Å². The van der Waals surface area contributed by atoms with E-state index in [1.807, 2.05) is 36.9 Å². The van der Waals surface area contributed by atoms with Crippen LogP contribution in [-0.4, -0.2) is 28.9 Å². The lowest BCUT2D eigenvalue weighted by Crippen LogP contribution is -2.54. The largest absolute Gasteiger partial charge is 0.459 e. The molecule has 126 valence electrons. The molecule has 0 aliphatic carbocycles. The number of carbonyl (C=O) groups is 2. The van der Waals surface area contributed by atoms with Crippen molar-refractivity contribution in [1.29, 1.82) is 0 Å². The number of urea groups is 1. The summed E-state index contributed by atoms with van der Waals surface area (Å²) < 4.78 is 5.23. The second-order valence-corrected chi connectivity index (χ2v) is 6.27. The summed E-state index contributed by atoms with van der Waals surface area (Å²) in [6.07, 6.45) is 4.44. The number of carbonyl (C=O) groups excluding carboxylic acids is 2. The van der Waals surface area contributed by atoms with Crippen molar-refractivity contribution in [3.8, 4) is 0 Å². The number of rotatable bonds is 2. The van der Waals surface area contributed by atoms with Crippen molar-refractivity contribution in [2.24, 2.45) is 0 Å². The fourth-order valence-electron chi connectivity index (χ4n) is 3.32. The normalized spacial score (nSPS) is 20.7. The Balaban J connectivity index is 1.98. The van der Waals surface area contributed by atoms with Crippen molar-refractivity contribution in [3.63, 3.8) is 0 Å². The minimum Gasteiger partial charge on any atom is -0.459 e. The van der Waals surface area contributed by atoms with Gasteiger partial charge >= 0.3 is 11.9 Å². The second-order valence-electron chi connectivity index (χ2n) is 6.27. The minimum absolute atomic E-state index is 0.108. The SMILES string of the molecule is C[C@@H]1CCC[C@H](C)N1C(=O)N(C(=O)c1ccco1)c1ccccc1. The molecule has 1 fully saturated rings. The van der Waals surface area contributed by atoms with E-state index in [9.17, 15) is 9.59 Å². The maximum Gasteiger partial charge on any atom is 0.332 e. The number of anilines is 1. The predicted octanol–water partition coefficient (Wildman–Crippen LogP) is 4.31. The highest BCUT2D eigenvalue weighted by Gasteiger charge is 2.36. The topological polar surface area (TPSA) is 53.8 Å². The predicted molar refractivity (Wildman–Crippen MR) is 92.0 cm³/mol. The van der Waals surface area contributed by atoms with Crippen LogP contribution in [0.3, 0.4) is 0 Å². The first-order chi connectivity index (χ1) is 11.6. The van der Waals surface area contributed by atoms with Crippen LogP contribution in [0.4, 0.5) is 10.5 Å². The van der Waals surface area contributed by atoms with Gasteiger partial charge in [0.15, 0.2) is 5.76 Å². The van der Waals surface area contributed by atoms with Crippen molar-refractivity contribution < 1.29 is 14.0 Å². The Morgan fingerprint density at radius 3 is 2.29 bits per heavy atom. The van der Waals surface area contributed by atoms with Crippen molar-refractivity contribution >= 4 is 17.6 Å². The number of benzene rings is 1. The molecule has 0 spiro atoms. The van der Waals surface area contributed by atoms with Gasteiger partial charge in [0.25, 0.3) is 0 Å². The zero-order valence-corrected chi connectivity index (χ0v) is 14.0. The number of hydrogen-bond acceptors (Lipinski definition) is 3. The van der Waals surface area contributed by atoms with E-state index in [0.29, 0.717) is 5.69 Å². The molecule has 1 aromatic carbocycles. The summed E-state index contributed by atoms with van der Waals surface area (Å²) in [5.74, 6) is -0.286. The number of para-hydroxylation sites is 1.